The Labute approximate surface area is 292 Å². The highest BCUT2D eigenvalue weighted by Crippen LogP contribution is 2.27. The van der Waals surface area contributed by atoms with Gasteiger partial charge in [0, 0.05) is 49.8 Å². The van der Waals surface area contributed by atoms with E-state index in [2.05, 4.69) is 141 Å². The lowest BCUT2D eigenvalue weighted by Crippen LogP contribution is -2.61. The number of amides is 1. The number of hydrogen-bond acceptors (Lipinski definition) is 5. The molecule has 0 aromatic heterocycles. The van der Waals surface area contributed by atoms with Crippen LogP contribution in [0.25, 0.3) is 10.8 Å². The summed E-state index contributed by atoms with van der Waals surface area (Å²) in [5.74, 6) is 0.259. The zero-order chi connectivity index (χ0) is 34.4. The van der Waals surface area contributed by atoms with Gasteiger partial charge in [-0.15, -0.1) is 0 Å². The number of aryl methyl sites for hydroxylation is 2. The summed E-state index contributed by atoms with van der Waals surface area (Å²) in [6.07, 6.45) is 9.06. The highest BCUT2D eigenvalue weighted by Gasteiger charge is 2.36. The SMILES string of the molecule is Cc1ccc(C[C@H](CN2C[C@@H](C)N(C(=O)Cc3ccc4ccccc4c3)C[C@@H]2CCCN(C)C2CCCCC2N(C)C)N(C)C)c(C)c1. The second-order valence-electron chi connectivity index (χ2n) is 15.6. The van der Waals surface area contributed by atoms with Crippen molar-refractivity contribution in [3.05, 3.63) is 82.9 Å². The third-order valence-electron chi connectivity index (χ3n) is 11.5. The lowest BCUT2D eigenvalue weighted by molar-refractivity contribution is -0.137. The highest BCUT2D eigenvalue weighted by atomic mass is 16.2. The van der Waals surface area contributed by atoms with Crippen LogP contribution in [0.15, 0.2) is 60.7 Å². The molecule has 1 aliphatic heterocycles. The molecular weight excluding hydrogens is 590 g/mol. The van der Waals surface area contributed by atoms with Crippen molar-refractivity contribution in [2.24, 2.45) is 0 Å². The number of piperazine rings is 1. The number of nitrogens with zero attached hydrogens (tertiary/aromatic N) is 5. The molecule has 3 aromatic rings. The fraction of sp³-hybridized carbons (Fsp3) is 0.595. The topological polar surface area (TPSA) is 33.3 Å². The van der Waals surface area contributed by atoms with Crippen LogP contribution in [0, 0.1) is 13.8 Å². The lowest BCUT2D eigenvalue weighted by atomic mass is 9.88. The van der Waals surface area contributed by atoms with Crippen LogP contribution >= 0.6 is 0 Å². The molecule has 6 nitrogen and oxygen atoms in total. The molecular formula is C42H63N5O. The Bertz CT molecular complexity index is 1490. The zero-order valence-corrected chi connectivity index (χ0v) is 31.3. The first-order valence-electron chi connectivity index (χ1n) is 18.6. The van der Waals surface area contributed by atoms with E-state index in [0.29, 0.717) is 30.6 Å². The van der Waals surface area contributed by atoms with Gasteiger partial charge < -0.3 is 19.6 Å². The summed E-state index contributed by atoms with van der Waals surface area (Å²) in [7, 11) is 11.3. The van der Waals surface area contributed by atoms with E-state index in [4.69, 9.17) is 0 Å². The van der Waals surface area contributed by atoms with E-state index in [1.54, 1.807) is 0 Å². The van der Waals surface area contributed by atoms with Crippen molar-refractivity contribution >= 4 is 16.7 Å². The van der Waals surface area contributed by atoms with Crippen LogP contribution in [0.5, 0.6) is 0 Å². The van der Waals surface area contributed by atoms with Crippen LogP contribution in [-0.4, -0.2) is 122 Å². The van der Waals surface area contributed by atoms with Crippen LogP contribution in [0.3, 0.4) is 0 Å². The summed E-state index contributed by atoms with van der Waals surface area (Å²) >= 11 is 0. The van der Waals surface area contributed by atoms with Gasteiger partial charge in [-0.2, -0.15) is 0 Å². The third-order valence-corrected chi connectivity index (χ3v) is 11.5. The van der Waals surface area contributed by atoms with Crippen LogP contribution in [-0.2, 0) is 17.6 Å². The Kier molecular flexibility index (Phi) is 12.7. The van der Waals surface area contributed by atoms with E-state index in [9.17, 15) is 4.79 Å². The van der Waals surface area contributed by atoms with Crippen molar-refractivity contribution in [3.63, 3.8) is 0 Å². The van der Waals surface area contributed by atoms with Crippen molar-refractivity contribution < 1.29 is 4.79 Å². The first-order chi connectivity index (χ1) is 23.0. The average Bonchev–Trinajstić information content (AvgIpc) is 3.06. The Morgan fingerprint density at radius 2 is 1.60 bits per heavy atom. The molecule has 0 bridgehead atoms. The van der Waals surface area contributed by atoms with Crippen molar-refractivity contribution in [3.8, 4) is 0 Å². The predicted molar refractivity (Wildman–Crippen MR) is 203 cm³/mol. The van der Waals surface area contributed by atoms with Crippen LogP contribution in [0.2, 0.25) is 0 Å². The first kappa shape index (κ1) is 36.5. The largest absolute Gasteiger partial charge is 0.337 e. The molecule has 0 N–H and O–H groups in total. The molecule has 6 heteroatoms. The molecule has 0 spiro atoms. The van der Waals surface area contributed by atoms with Gasteiger partial charge in [-0.3, -0.25) is 9.69 Å². The Morgan fingerprint density at radius 1 is 0.875 bits per heavy atom. The molecule has 2 fully saturated rings. The molecule has 2 unspecified atom stereocenters. The zero-order valence-electron chi connectivity index (χ0n) is 31.3. The smallest absolute Gasteiger partial charge is 0.227 e. The molecule has 262 valence electrons. The van der Waals surface area contributed by atoms with Gasteiger partial charge >= 0.3 is 0 Å². The molecule has 3 aromatic carbocycles. The van der Waals surface area contributed by atoms with E-state index in [1.165, 1.54) is 53.1 Å². The van der Waals surface area contributed by atoms with Crippen molar-refractivity contribution in [2.45, 2.75) is 102 Å². The van der Waals surface area contributed by atoms with Gasteiger partial charge in [0.25, 0.3) is 0 Å². The number of hydrogen-bond donors (Lipinski definition) is 0. The van der Waals surface area contributed by atoms with E-state index in [1.807, 2.05) is 0 Å². The predicted octanol–water partition coefficient (Wildman–Crippen LogP) is 6.66. The maximum Gasteiger partial charge on any atom is 0.227 e. The Hall–Kier alpha value is -2.77. The van der Waals surface area contributed by atoms with Gasteiger partial charge in [-0.05, 0) is 122 Å². The monoisotopic (exact) mass is 654 g/mol. The Balaban J connectivity index is 1.30. The quantitative estimate of drug-likeness (QED) is 0.206. The summed E-state index contributed by atoms with van der Waals surface area (Å²) in [4.78, 5) is 26.4. The maximum absolute atomic E-state index is 14.0. The summed E-state index contributed by atoms with van der Waals surface area (Å²) in [5.41, 5.74) is 5.26. The van der Waals surface area contributed by atoms with E-state index in [-0.39, 0.29) is 11.9 Å². The van der Waals surface area contributed by atoms with Crippen LogP contribution in [0.4, 0.5) is 0 Å². The number of rotatable bonds is 13. The molecule has 5 atom stereocenters. The second-order valence-corrected chi connectivity index (χ2v) is 15.6. The molecule has 1 saturated heterocycles. The van der Waals surface area contributed by atoms with Crippen LogP contribution in [0.1, 0.15) is 67.7 Å². The molecule has 0 radical (unpaired) electrons. The summed E-state index contributed by atoms with van der Waals surface area (Å²) in [5, 5.41) is 2.43. The van der Waals surface area contributed by atoms with Crippen molar-refractivity contribution in [1.29, 1.82) is 0 Å². The lowest BCUT2D eigenvalue weighted by Gasteiger charge is -2.47. The highest BCUT2D eigenvalue weighted by molar-refractivity contribution is 5.85. The minimum Gasteiger partial charge on any atom is -0.337 e. The van der Waals surface area contributed by atoms with Gasteiger partial charge in [-0.25, -0.2) is 0 Å². The molecule has 5 rings (SSSR count). The fourth-order valence-electron chi connectivity index (χ4n) is 8.54. The number of benzene rings is 3. The minimum absolute atomic E-state index is 0.184. The standard InChI is InChI=1S/C42H63N5O/c1-31-19-21-36(32(2)24-31)27-39(43(4)5)29-46-28-33(3)47(42(48)26-34-20-22-35-14-9-10-15-37(35)25-34)30-38(46)16-13-23-45(8)41-18-12-11-17-40(41)44(6)7/h9-10,14-15,19-22,24-25,33,38-41H,11-13,16-18,23,26-30H2,1-8H3/t33-,38+,39-,40?,41?/m1/s1. The molecule has 1 aliphatic carbocycles. The average molecular weight is 654 g/mol. The maximum atomic E-state index is 14.0. The van der Waals surface area contributed by atoms with Gasteiger partial charge in [0.15, 0.2) is 0 Å². The first-order valence-corrected chi connectivity index (χ1v) is 18.6. The molecule has 1 saturated carbocycles. The fourth-order valence-corrected chi connectivity index (χ4v) is 8.54. The summed E-state index contributed by atoms with van der Waals surface area (Å²) in [6.45, 7) is 10.6. The molecule has 48 heavy (non-hydrogen) atoms. The number of carbonyl (C=O) groups excluding carboxylic acids is 1. The number of carbonyl (C=O) groups is 1. The van der Waals surface area contributed by atoms with Gasteiger partial charge in [0.05, 0.1) is 6.42 Å². The summed E-state index contributed by atoms with van der Waals surface area (Å²) in [6, 6.07) is 24.0. The normalized spacial score (nSPS) is 23.0. The van der Waals surface area contributed by atoms with Gasteiger partial charge in [-0.1, -0.05) is 79.1 Å². The Morgan fingerprint density at radius 3 is 2.31 bits per heavy atom. The van der Waals surface area contributed by atoms with Crippen molar-refractivity contribution in [2.75, 3.05) is 61.4 Å². The van der Waals surface area contributed by atoms with E-state index < -0.39 is 0 Å². The number of fused-ring (bicyclic) bond motifs is 1. The minimum atomic E-state index is 0.184. The molecule has 2 aliphatic rings. The molecule has 1 amide bonds. The van der Waals surface area contributed by atoms with E-state index in [0.717, 1.165) is 51.0 Å². The van der Waals surface area contributed by atoms with Crippen molar-refractivity contribution in [1.82, 2.24) is 24.5 Å². The second kappa shape index (κ2) is 16.8. The number of likely N-dealkylation sites (N-methyl/N-ethyl adjacent to an activating group) is 3. The summed E-state index contributed by atoms with van der Waals surface area (Å²) < 4.78 is 0. The van der Waals surface area contributed by atoms with Gasteiger partial charge in [0.1, 0.15) is 0 Å². The van der Waals surface area contributed by atoms with E-state index >= 15 is 0 Å². The molecule has 1 heterocycles. The van der Waals surface area contributed by atoms with Crippen LogP contribution < -0.4 is 0 Å². The van der Waals surface area contributed by atoms with Gasteiger partial charge in [0.2, 0.25) is 5.91 Å². The third kappa shape index (κ3) is 9.26.